The van der Waals surface area contributed by atoms with Gasteiger partial charge in [-0.05, 0) is 47.9 Å². The maximum atomic E-state index is 12.8. The zero-order valence-corrected chi connectivity index (χ0v) is 19.5. The predicted octanol–water partition coefficient (Wildman–Crippen LogP) is 4.41. The molecule has 4 rings (SSSR count). The molecule has 180 valence electrons. The first-order valence-corrected chi connectivity index (χ1v) is 12.0. The maximum absolute atomic E-state index is 12.8. The first-order valence-electron chi connectivity index (χ1n) is 12.0. The summed E-state index contributed by atoms with van der Waals surface area (Å²) in [7, 11) is 1.72. The predicted molar refractivity (Wildman–Crippen MR) is 128 cm³/mol. The van der Waals surface area contributed by atoms with Crippen LogP contribution in [0.5, 0.6) is 0 Å². The second-order valence-corrected chi connectivity index (χ2v) is 9.29. The van der Waals surface area contributed by atoms with Crippen LogP contribution in [0.25, 0.3) is 11.1 Å². The van der Waals surface area contributed by atoms with Gasteiger partial charge in [-0.25, -0.2) is 4.79 Å². The van der Waals surface area contributed by atoms with Gasteiger partial charge in [0, 0.05) is 37.9 Å². The van der Waals surface area contributed by atoms with Crippen LogP contribution in [-0.4, -0.2) is 54.2 Å². The number of hydrogen-bond donors (Lipinski definition) is 2. The lowest BCUT2D eigenvalue weighted by molar-refractivity contribution is -0.139. The Bertz CT molecular complexity index is 1010. The van der Waals surface area contributed by atoms with E-state index in [0.29, 0.717) is 19.4 Å². The van der Waals surface area contributed by atoms with Gasteiger partial charge in [-0.3, -0.25) is 9.59 Å². The number of rotatable bonds is 8. The Morgan fingerprint density at radius 1 is 1.03 bits per heavy atom. The lowest BCUT2D eigenvalue weighted by Crippen LogP contribution is -2.43. The molecule has 7 heteroatoms. The van der Waals surface area contributed by atoms with Gasteiger partial charge >= 0.3 is 12.1 Å². The van der Waals surface area contributed by atoms with Crippen molar-refractivity contribution in [3.05, 3.63) is 59.7 Å². The van der Waals surface area contributed by atoms with Crippen LogP contribution in [0.15, 0.2) is 48.5 Å². The molecule has 2 atom stereocenters. The molecule has 2 amide bonds. The van der Waals surface area contributed by atoms with Crippen molar-refractivity contribution in [2.45, 2.75) is 50.5 Å². The van der Waals surface area contributed by atoms with E-state index in [-0.39, 0.29) is 36.8 Å². The van der Waals surface area contributed by atoms with Crippen molar-refractivity contribution in [1.29, 1.82) is 0 Å². The summed E-state index contributed by atoms with van der Waals surface area (Å²) in [5.74, 6) is -0.990. The van der Waals surface area contributed by atoms with Gasteiger partial charge in [0.05, 0.1) is 0 Å². The van der Waals surface area contributed by atoms with Crippen LogP contribution < -0.4 is 5.32 Å². The third-order valence-corrected chi connectivity index (χ3v) is 6.95. The molecule has 2 unspecified atom stereocenters. The number of carboxylic acid groups (broad SMARTS) is 1. The quantitative estimate of drug-likeness (QED) is 0.603. The average Bonchev–Trinajstić information content (AvgIpc) is 3.16. The molecule has 1 fully saturated rings. The zero-order chi connectivity index (χ0) is 24.1. The van der Waals surface area contributed by atoms with E-state index in [9.17, 15) is 14.4 Å². The topological polar surface area (TPSA) is 95.9 Å². The number of nitrogens with one attached hydrogen (secondary N) is 1. The highest BCUT2D eigenvalue weighted by Gasteiger charge is 2.32. The first kappa shape index (κ1) is 23.8. The summed E-state index contributed by atoms with van der Waals surface area (Å²) in [5, 5.41) is 11.7. The average molecular weight is 465 g/mol. The molecule has 0 radical (unpaired) electrons. The van der Waals surface area contributed by atoms with E-state index in [1.54, 1.807) is 11.9 Å². The molecule has 2 aromatic carbocycles. The summed E-state index contributed by atoms with van der Waals surface area (Å²) >= 11 is 0. The van der Waals surface area contributed by atoms with E-state index < -0.39 is 12.1 Å². The lowest BCUT2D eigenvalue weighted by atomic mass is 9.85. The van der Waals surface area contributed by atoms with Gasteiger partial charge in [-0.15, -0.1) is 0 Å². The normalized spacial score (nSPS) is 19.1. The Morgan fingerprint density at radius 3 is 2.32 bits per heavy atom. The monoisotopic (exact) mass is 464 g/mol. The van der Waals surface area contributed by atoms with Crippen LogP contribution in [0.1, 0.15) is 55.6 Å². The molecule has 7 nitrogen and oxygen atoms in total. The van der Waals surface area contributed by atoms with Gasteiger partial charge in [0.15, 0.2) is 0 Å². The number of alkyl carbamates (subject to hydrolysis) is 1. The Hall–Kier alpha value is -3.35. The SMILES string of the molecule is CN(CCCC(=O)O)C(=O)C1CCCC(NC(=O)OCC2c3ccccc3-c3ccccc32)C1. The minimum absolute atomic E-state index is 0.0123. The molecule has 2 N–H and O–H groups in total. The van der Waals surface area contributed by atoms with E-state index in [1.807, 2.05) is 24.3 Å². The Morgan fingerprint density at radius 2 is 1.68 bits per heavy atom. The number of carboxylic acids is 1. The molecule has 0 aliphatic heterocycles. The molecule has 2 aliphatic rings. The van der Waals surface area contributed by atoms with Gasteiger partial charge < -0.3 is 20.1 Å². The van der Waals surface area contributed by atoms with Crippen molar-refractivity contribution in [3.63, 3.8) is 0 Å². The fraction of sp³-hybridized carbons (Fsp3) is 0.444. The van der Waals surface area contributed by atoms with Crippen LogP contribution in [0, 0.1) is 5.92 Å². The Labute approximate surface area is 200 Å². The van der Waals surface area contributed by atoms with Crippen molar-refractivity contribution >= 4 is 18.0 Å². The molecule has 0 bridgehead atoms. The maximum Gasteiger partial charge on any atom is 0.407 e. The minimum Gasteiger partial charge on any atom is -0.481 e. The number of fused-ring (bicyclic) bond motifs is 3. The number of nitrogens with zero attached hydrogens (tertiary/aromatic N) is 1. The Kier molecular flexibility index (Phi) is 7.50. The zero-order valence-electron chi connectivity index (χ0n) is 19.5. The summed E-state index contributed by atoms with van der Waals surface area (Å²) in [6.45, 7) is 0.688. The number of benzene rings is 2. The smallest absolute Gasteiger partial charge is 0.407 e. The van der Waals surface area contributed by atoms with Gasteiger partial charge in [0.2, 0.25) is 5.91 Å². The largest absolute Gasteiger partial charge is 0.481 e. The second kappa shape index (κ2) is 10.7. The van der Waals surface area contributed by atoms with E-state index in [4.69, 9.17) is 9.84 Å². The van der Waals surface area contributed by atoms with Crippen LogP contribution in [-0.2, 0) is 14.3 Å². The molecular weight excluding hydrogens is 432 g/mol. The number of carbonyl (C=O) groups is 3. The minimum atomic E-state index is -0.856. The van der Waals surface area contributed by atoms with Crippen LogP contribution in [0.3, 0.4) is 0 Å². The van der Waals surface area contributed by atoms with Crippen LogP contribution >= 0.6 is 0 Å². The molecule has 34 heavy (non-hydrogen) atoms. The number of hydrogen-bond acceptors (Lipinski definition) is 4. The van der Waals surface area contributed by atoms with Gasteiger partial charge in [0.1, 0.15) is 6.61 Å². The van der Waals surface area contributed by atoms with Crippen molar-refractivity contribution in [3.8, 4) is 11.1 Å². The van der Waals surface area contributed by atoms with Crippen molar-refractivity contribution in [2.75, 3.05) is 20.2 Å². The summed E-state index contributed by atoms with van der Waals surface area (Å²) in [6, 6.07) is 16.3. The van der Waals surface area contributed by atoms with Gasteiger partial charge in [0.25, 0.3) is 0 Å². The molecule has 0 heterocycles. The first-order chi connectivity index (χ1) is 16.4. The van der Waals surface area contributed by atoms with Gasteiger partial charge in [-0.2, -0.15) is 0 Å². The number of carbonyl (C=O) groups excluding carboxylic acids is 2. The Balaban J connectivity index is 1.29. The van der Waals surface area contributed by atoms with Gasteiger partial charge in [-0.1, -0.05) is 55.0 Å². The standard InChI is InChI=1S/C27H32N2O5/c1-29(15-7-14-25(30)31)26(32)18-8-6-9-19(16-18)28-27(33)34-17-24-22-12-4-2-10-20(22)21-11-3-5-13-23(21)24/h2-5,10-13,18-19,24H,6-9,14-17H2,1H3,(H,28,33)(H,30,31). The number of amides is 2. The summed E-state index contributed by atoms with van der Waals surface area (Å²) in [5.41, 5.74) is 4.72. The molecule has 0 spiro atoms. The van der Waals surface area contributed by atoms with E-state index >= 15 is 0 Å². The second-order valence-electron chi connectivity index (χ2n) is 9.29. The van der Waals surface area contributed by atoms with Crippen LogP contribution in [0.4, 0.5) is 4.79 Å². The number of aliphatic carboxylic acids is 1. The number of ether oxygens (including phenoxy) is 1. The van der Waals surface area contributed by atoms with Crippen molar-refractivity contribution < 1.29 is 24.2 Å². The highest BCUT2D eigenvalue weighted by atomic mass is 16.5. The molecule has 2 aromatic rings. The fourth-order valence-electron chi connectivity index (χ4n) is 5.24. The van der Waals surface area contributed by atoms with E-state index in [1.165, 1.54) is 22.3 Å². The molecule has 0 aromatic heterocycles. The van der Waals surface area contributed by atoms with Crippen molar-refractivity contribution in [2.24, 2.45) is 5.92 Å². The molecule has 1 saturated carbocycles. The summed E-state index contributed by atoms with van der Waals surface area (Å²) in [4.78, 5) is 37.7. The highest BCUT2D eigenvalue weighted by Crippen LogP contribution is 2.44. The third kappa shape index (κ3) is 5.41. The molecule has 0 saturated heterocycles. The fourth-order valence-corrected chi connectivity index (χ4v) is 5.24. The highest BCUT2D eigenvalue weighted by molar-refractivity contribution is 5.80. The molecular formula is C27H32N2O5. The van der Waals surface area contributed by atoms with Crippen molar-refractivity contribution in [1.82, 2.24) is 10.2 Å². The van der Waals surface area contributed by atoms with E-state index in [2.05, 4.69) is 29.6 Å². The lowest BCUT2D eigenvalue weighted by Gasteiger charge is -2.31. The third-order valence-electron chi connectivity index (χ3n) is 6.95. The van der Waals surface area contributed by atoms with E-state index in [0.717, 1.165) is 19.3 Å². The molecule has 2 aliphatic carbocycles. The summed E-state index contributed by atoms with van der Waals surface area (Å²) in [6.07, 6.45) is 3.07. The summed E-state index contributed by atoms with van der Waals surface area (Å²) < 4.78 is 5.66. The van der Waals surface area contributed by atoms with Crippen LogP contribution in [0.2, 0.25) is 0 Å².